The van der Waals surface area contributed by atoms with Crippen LogP contribution in [0, 0.1) is 0 Å². The fourth-order valence-electron chi connectivity index (χ4n) is 3.79. The number of carbonyl (C=O) groups is 1. The third-order valence-corrected chi connectivity index (χ3v) is 7.28. The minimum absolute atomic E-state index is 0.363. The number of rotatable bonds is 10. The number of nitrogens with zero attached hydrogens (tertiary/aromatic N) is 2. The van der Waals surface area contributed by atoms with Crippen LogP contribution in [0.5, 0.6) is 5.75 Å². The van der Waals surface area contributed by atoms with Crippen LogP contribution in [0.4, 0.5) is 18.3 Å². The molecule has 0 aliphatic heterocycles. The van der Waals surface area contributed by atoms with E-state index in [9.17, 15) is 23.1 Å². The van der Waals surface area contributed by atoms with E-state index in [1.807, 2.05) is 40.6 Å². The molecule has 5 nitrogen and oxygen atoms in total. The first-order valence-electron chi connectivity index (χ1n) is 12.1. The lowest BCUT2D eigenvalue weighted by molar-refractivity contribution is -0.152. The molecule has 0 saturated heterocycles. The number of alkyl halides is 3. The van der Waals surface area contributed by atoms with E-state index < -0.39 is 23.3 Å². The Kier molecular flexibility index (Phi) is 8.51. The van der Waals surface area contributed by atoms with Gasteiger partial charge in [-0.2, -0.15) is 13.2 Å². The molecule has 4 aromatic rings. The van der Waals surface area contributed by atoms with Crippen LogP contribution in [-0.2, 0) is 23.9 Å². The number of hydrogen-bond acceptors (Lipinski definition) is 5. The zero-order valence-corrected chi connectivity index (χ0v) is 22.8. The highest BCUT2D eigenvalue weighted by Gasteiger charge is 2.30. The Balaban J connectivity index is 1.54. The summed E-state index contributed by atoms with van der Waals surface area (Å²) in [7, 11) is 0. The van der Waals surface area contributed by atoms with E-state index in [-0.39, 0.29) is 0 Å². The molecule has 1 heterocycles. The molecule has 0 aliphatic rings. The molecule has 0 atom stereocenters. The topological polar surface area (TPSA) is 62.7 Å². The zero-order valence-electron chi connectivity index (χ0n) is 21.2. The van der Waals surface area contributed by atoms with Crippen molar-refractivity contribution in [3.63, 3.8) is 0 Å². The molecular formula is C29H26ClF3N2O3S. The molecule has 0 spiro atoms. The van der Waals surface area contributed by atoms with Gasteiger partial charge in [0.05, 0.1) is 11.3 Å². The van der Waals surface area contributed by atoms with Crippen LogP contribution in [0.3, 0.4) is 0 Å². The largest absolute Gasteiger partial charge is 0.478 e. The van der Waals surface area contributed by atoms with E-state index in [1.54, 1.807) is 18.2 Å². The molecule has 1 aromatic heterocycles. The van der Waals surface area contributed by atoms with Crippen LogP contribution >= 0.6 is 22.9 Å². The molecule has 0 saturated carbocycles. The van der Waals surface area contributed by atoms with Gasteiger partial charge in [-0.15, -0.1) is 11.3 Å². The van der Waals surface area contributed by atoms with Crippen LogP contribution in [0.15, 0.2) is 78.2 Å². The molecule has 0 bridgehead atoms. The second kappa shape index (κ2) is 11.7. The van der Waals surface area contributed by atoms with Gasteiger partial charge >= 0.3 is 12.1 Å². The summed E-state index contributed by atoms with van der Waals surface area (Å²) in [5, 5.41) is 12.5. The molecule has 0 amide bonds. The fourth-order valence-corrected chi connectivity index (χ4v) is 4.88. The van der Waals surface area contributed by atoms with Gasteiger partial charge in [-0.25, -0.2) is 9.78 Å². The van der Waals surface area contributed by atoms with Gasteiger partial charge < -0.3 is 14.7 Å². The molecule has 0 radical (unpaired) electrons. The summed E-state index contributed by atoms with van der Waals surface area (Å²) in [5.41, 5.74) is 1.18. The Labute approximate surface area is 233 Å². The van der Waals surface area contributed by atoms with Crippen LogP contribution in [0.25, 0.3) is 11.3 Å². The van der Waals surface area contributed by atoms with Gasteiger partial charge in [-0.3, -0.25) is 0 Å². The standard InChI is InChI=1S/C29H26ClF3N2O3S/c1-28(2,26(36)37)38-22-13-9-19(10-14-22)15-16-35(17-20-7-11-21(12-8-20)29(31,32)33)27-34-25(18-39-27)23-5-3-4-6-24(23)30/h3-14,18H,15-17H2,1-2H3,(H,36,37). The van der Waals surface area contributed by atoms with Crippen molar-refractivity contribution in [2.24, 2.45) is 0 Å². The Bertz CT molecular complexity index is 1420. The number of aliphatic carboxylic acids is 1. The van der Waals surface area contributed by atoms with Crippen LogP contribution in [0.1, 0.15) is 30.5 Å². The lowest BCUT2D eigenvalue weighted by Gasteiger charge is -2.23. The number of carboxylic acids is 1. The Morgan fingerprint density at radius 3 is 2.26 bits per heavy atom. The predicted molar refractivity (Wildman–Crippen MR) is 148 cm³/mol. The summed E-state index contributed by atoms with van der Waals surface area (Å²) in [4.78, 5) is 18.1. The summed E-state index contributed by atoms with van der Waals surface area (Å²) in [5.74, 6) is -0.623. The first kappa shape index (κ1) is 28.4. The highest BCUT2D eigenvalue weighted by Crippen LogP contribution is 2.33. The molecule has 4 rings (SSSR count). The number of anilines is 1. The highest BCUT2D eigenvalue weighted by atomic mass is 35.5. The number of halogens is 4. The summed E-state index contributed by atoms with van der Waals surface area (Å²) in [6, 6.07) is 19.7. The summed E-state index contributed by atoms with van der Waals surface area (Å²) in [6.45, 7) is 3.86. The quantitative estimate of drug-likeness (QED) is 0.208. The Morgan fingerprint density at radius 1 is 1.00 bits per heavy atom. The first-order valence-corrected chi connectivity index (χ1v) is 13.3. The van der Waals surface area contributed by atoms with E-state index in [4.69, 9.17) is 21.3 Å². The van der Waals surface area contributed by atoms with Gasteiger partial charge in [-0.05, 0) is 61.7 Å². The van der Waals surface area contributed by atoms with Gasteiger partial charge in [0.2, 0.25) is 0 Å². The van der Waals surface area contributed by atoms with Crippen LogP contribution in [-0.4, -0.2) is 28.2 Å². The first-order chi connectivity index (χ1) is 18.4. The normalized spacial score (nSPS) is 11.8. The SMILES string of the molecule is CC(C)(Oc1ccc(CCN(Cc2ccc(C(F)(F)F)cc2)c2nc(-c3ccccc3Cl)cs2)cc1)C(=O)O. The molecule has 0 aliphatic carbocycles. The van der Waals surface area contributed by atoms with E-state index in [0.717, 1.165) is 34.5 Å². The molecule has 3 aromatic carbocycles. The molecule has 1 N–H and O–H groups in total. The van der Waals surface area contributed by atoms with Crippen molar-refractivity contribution in [2.75, 3.05) is 11.4 Å². The van der Waals surface area contributed by atoms with Crippen molar-refractivity contribution in [3.05, 3.63) is 99.9 Å². The van der Waals surface area contributed by atoms with Crippen molar-refractivity contribution in [3.8, 4) is 17.0 Å². The third kappa shape index (κ3) is 7.30. The van der Waals surface area contributed by atoms with Gasteiger partial charge in [0.15, 0.2) is 10.7 Å². The molecular weight excluding hydrogens is 549 g/mol. The number of hydrogen-bond donors (Lipinski definition) is 1. The third-order valence-electron chi connectivity index (χ3n) is 6.05. The maximum Gasteiger partial charge on any atom is 0.416 e. The second-order valence-corrected chi connectivity index (χ2v) is 10.7. The van der Waals surface area contributed by atoms with Crippen molar-refractivity contribution in [1.29, 1.82) is 0 Å². The lowest BCUT2D eigenvalue weighted by atomic mass is 10.1. The number of aromatic nitrogens is 1. The Hall–Kier alpha value is -3.56. The molecule has 204 valence electrons. The Morgan fingerprint density at radius 2 is 1.64 bits per heavy atom. The predicted octanol–water partition coefficient (Wildman–Crippen LogP) is 7.97. The summed E-state index contributed by atoms with van der Waals surface area (Å²) < 4.78 is 44.7. The number of thiazole rings is 1. The summed E-state index contributed by atoms with van der Waals surface area (Å²) >= 11 is 7.79. The summed E-state index contributed by atoms with van der Waals surface area (Å²) in [6.07, 6.45) is -3.78. The molecule has 39 heavy (non-hydrogen) atoms. The van der Waals surface area contributed by atoms with Crippen LogP contribution < -0.4 is 9.64 Å². The van der Waals surface area contributed by atoms with Gasteiger partial charge in [0.25, 0.3) is 0 Å². The fraction of sp³-hybridized carbons (Fsp3) is 0.241. The minimum atomic E-state index is -4.40. The minimum Gasteiger partial charge on any atom is -0.478 e. The van der Waals surface area contributed by atoms with Crippen molar-refractivity contribution < 1.29 is 27.8 Å². The molecule has 0 unspecified atom stereocenters. The van der Waals surface area contributed by atoms with Gasteiger partial charge in [0, 0.05) is 29.1 Å². The molecule has 0 fully saturated rings. The maximum atomic E-state index is 13.0. The lowest BCUT2D eigenvalue weighted by Crippen LogP contribution is -2.37. The van der Waals surface area contributed by atoms with E-state index in [0.29, 0.717) is 35.4 Å². The smallest absolute Gasteiger partial charge is 0.416 e. The molecule has 10 heteroatoms. The van der Waals surface area contributed by atoms with Crippen molar-refractivity contribution in [2.45, 2.75) is 38.6 Å². The average molecular weight is 575 g/mol. The van der Waals surface area contributed by atoms with Gasteiger partial charge in [-0.1, -0.05) is 54.1 Å². The zero-order chi connectivity index (χ0) is 28.2. The van der Waals surface area contributed by atoms with E-state index >= 15 is 0 Å². The van der Waals surface area contributed by atoms with Crippen molar-refractivity contribution in [1.82, 2.24) is 4.98 Å². The number of ether oxygens (including phenoxy) is 1. The number of carboxylic acid groups (broad SMARTS) is 1. The highest BCUT2D eigenvalue weighted by molar-refractivity contribution is 7.14. The van der Waals surface area contributed by atoms with E-state index in [2.05, 4.69) is 0 Å². The van der Waals surface area contributed by atoms with Gasteiger partial charge in [0.1, 0.15) is 5.75 Å². The van der Waals surface area contributed by atoms with Crippen LogP contribution in [0.2, 0.25) is 5.02 Å². The van der Waals surface area contributed by atoms with Crippen molar-refractivity contribution >= 4 is 34.0 Å². The second-order valence-electron chi connectivity index (χ2n) is 9.42. The van der Waals surface area contributed by atoms with E-state index in [1.165, 1.54) is 37.3 Å². The maximum absolute atomic E-state index is 13.0. The average Bonchev–Trinajstić information content (AvgIpc) is 3.37. The monoisotopic (exact) mass is 574 g/mol. The number of benzene rings is 3.